The Morgan fingerprint density at radius 2 is 2.17 bits per heavy atom. The fourth-order valence-electron chi connectivity index (χ4n) is 2.00. The number of rotatable bonds is 1. The predicted octanol–water partition coefficient (Wildman–Crippen LogP) is 2.58. The van der Waals surface area contributed by atoms with Crippen LogP contribution in [0.25, 0.3) is 16.8 Å². The SMILES string of the molecule is Cc1ccc(-c2cnn3cccnc23)c(C#N)c1. The van der Waals surface area contributed by atoms with Gasteiger partial charge in [-0.15, -0.1) is 0 Å². The van der Waals surface area contributed by atoms with Gasteiger partial charge in [0.15, 0.2) is 5.65 Å². The largest absolute Gasteiger partial charge is 0.236 e. The van der Waals surface area contributed by atoms with E-state index in [0.717, 1.165) is 22.3 Å². The normalized spacial score (nSPS) is 10.4. The van der Waals surface area contributed by atoms with E-state index in [1.807, 2.05) is 37.4 Å². The number of aromatic nitrogens is 3. The summed E-state index contributed by atoms with van der Waals surface area (Å²) in [6.07, 6.45) is 5.31. The molecular formula is C14H10N4. The van der Waals surface area contributed by atoms with Crippen molar-refractivity contribution in [2.45, 2.75) is 6.92 Å². The van der Waals surface area contributed by atoms with Crippen molar-refractivity contribution in [3.8, 4) is 17.2 Å². The Balaban J connectivity index is 2.30. The van der Waals surface area contributed by atoms with Crippen molar-refractivity contribution < 1.29 is 0 Å². The molecule has 2 heterocycles. The summed E-state index contributed by atoms with van der Waals surface area (Å²) in [6, 6.07) is 9.86. The average molecular weight is 234 g/mol. The van der Waals surface area contributed by atoms with E-state index in [4.69, 9.17) is 0 Å². The van der Waals surface area contributed by atoms with Crippen LogP contribution in [0.1, 0.15) is 11.1 Å². The zero-order valence-corrected chi connectivity index (χ0v) is 9.83. The summed E-state index contributed by atoms with van der Waals surface area (Å²) in [7, 11) is 0. The third-order valence-electron chi connectivity index (χ3n) is 2.86. The van der Waals surface area contributed by atoms with Gasteiger partial charge in [-0.2, -0.15) is 10.4 Å². The molecule has 3 aromatic rings. The standard InChI is InChI=1S/C14H10N4/c1-10-3-4-12(11(7-10)8-15)13-9-17-18-6-2-5-16-14(13)18/h2-7,9H,1H3. The lowest BCUT2D eigenvalue weighted by Gasteiger charge is -2.02. The Labute approximate surface area is 104 Å². The fraction of sp³-hybridized carbons (Fsp3) is 0.0714. The van der Waals surface area contributed by atoms with E-state index in [-0.39, 0.29) is 0 Å². The molecule has 0 N–H and O–H groups in total. The molecule has 2 aromatic heterocycles. The minimum absolute atomic E-state index is 0.649. The van der Waals surface area contributed by atoms with Crippen molar-refractivity contribution in [1.82, 2.24) is 14.6 Å². The molecule has 0 aliphatic rings. The molecule has 0 saturated carbocycles. The molecule has 18 heavy (non-hydrogen) atoms. The van der Waals surface area contributed by atoms with Crippen LogP contribution in [-0.2, 0) is 0 Å². The van der Waals surface area contributed by atoms with Crippen LogP contribution in [0.2, 0.25) is 0 Å². The molecule has 0 aliphatic heterocycles. The van der Waals surface area contributed by atoms with E-state index in [1.165, 1.54) is 0 Å². The molecule has 4 nitrogen and oxygen atoms in total. The number of fused-ring (bicyclic) bond motifs is 1. The highest BCUT2D eigenvalue weighted by Gasteiger charge is 2.11. The first-order chi connectivity index (χ1) is 8.79. The molecule has 3 rings (SSSR count). The van der Waals surface area contributed by atoms with Crippen molar-refractivity contribution in [3.63, 3.8) is 0 Å². The average Bonchev–Trinajstić information content (AvgIpc) is 2.82. The van der Waals surface area contributed by atoms with Crippen LogP contribution in [0.3, 0.4) is 0 Å². The van der Waals surface area contributed by atoms with Crippen molar-refractivity contribution in [2.24, 2.45) is 0 Å². The second-order valence-electron chi connectivity index (χ2n) is 4.11. The van der Waals surface area contributed by atoms with Gasteiger partial charge in [-0.1, -0.05) is 12.1 Å². The highest BCUT2D eigenvalue weighted by atomic mass is 15.2. The van der Waals surface area contributed by atoms with Gasteiger partial charge in [0, 0.05) is 23.5 Å². The lowest BCUT2D eigenvalue weighted by atomic mass is 10.0. The number of benzene rings is 1. The second kappa shape index (κ2) is 3.97. The number of hydrogen-bond acceptors (Lipinski definition) is 3. The molecule has 86 valence electrons. The molecule has 1 aromatic carbocycles. The van der Waals surface area contributed by atoms with Crippen molar-refractivity contribution in [2.75, 3.05) is 0 Å². The highest BCUT2D eigenvalue weighted by molar-refractivity contribution is 5.80. The minimum Gasteiger partial charge on any atom is -0.236 e. The molecule has 0 amide bonds. The Morgan fingerprint density at radius 3 is 3.00 bits per heavy atom. The smallest absolute Gasteiger partial charge is 0.162 e. The predicted molar refractivity (Wildman–Crippen MR) is 67.9 cm³/mol. The summed E-state index contributed by atoms with van der Waals surface area (Å²) >= 11 is 0. The van der Waals surface area contributed by atoms with Crippen LogP contribution in [0, 0.1) is 18.3 Å². The van der Waals surface area contributed by atoms with Gasteiger partial charge in [-0.25, -0.2) is 9.50 Å². The van der Waals surface area contributed by atoms with Crippen LogP contribution in [0.15, 0.2) is 42.9 Å². The second-order valence-corrected chi connectivity index (χ2v) is 4.11. The third-order valence-corrected chi connectivity index (χ3v) is 2.86. The third kappa shape index (κ3) is 1.54. The Kier molecular flexibility index (Phi) is 2.31. The molecule has 0 spiro atoms. The molecule has 0 unspecified atom stereocenters. The minimum atomic E-state index is 0.649. The van der Waals surface area contributed by atoms with Gasteiger partial charge < -0.3 is 0 Å². The summed E-state index contributed by atoms with van der Waals surface area (Å²) in [5.41, 5.74) is 4.23. The van der Waals surface area contributed by atoms with Crippen LogP contribution < -0.4 is 0 Å². The van der Waals surface area contributed by atoms with E-state index in [1.54, 1.807) is 16.9 Å². The van der Waals surface area contributed by atoms with Crippen LogP contribution in [0.5, 0.6) is 0 Å². The van der Waals surface area contributed by atoms with E-state index < -0.39 is 0 Å². The lowest BCUT2D eigenvalue weighted by Crippen LogP contribution is -1.89. The van der Waals surface area contributed by atoms with Gasteiger partial charge in [0.25, 0.3) is 0 Å². The van der Waals surface area contributed by atoms with Crippen molar-refractivity contribution in [3.05, 3.63) is 54.0 Å². The summed E-state index contributed by atoms with van der Waals surface area (Å²) in [5, 5.41) is 13.5. The zero-order valence-electron chi connectivity index (χ0n) is 9.83. The van der Waals surface area contributed by atoms with E-state index in [0.29, 0.717) is 5.56 Å². The molecule has 0 radical (unpaired) electrons. The number of hydrogen-bond donors (Lipinski definition) is 0. The maximum Gasteiger partial charge on any atom is 0.162 e. The van der Waals surface area contributed by atoms with Gasteiger partial charge >= 0.3 is 0 Å². The van der Waals surface area contributed by atoms with Crippen LogP contribution in [0.4, 0.5) is 0 Å². The summed E-state index contributed by atoms with van der Waals surface area (Å²) in [5.74, 6) is 0. The van der Waals surface area contributed by atoms with Crippen LogP contribution >= 0.6 is 0 Å². The van der Waals surface area contributed by atoms with E-state index >= 15 is 0 Å². The van der Waals surface area contributed by atoms with Crippen molar-refractivity contribution in [1.29, 1.82) is 5.26 Å². The number of nitriles is 1. The highest BCUT2D eigenvalue weighted by Crippen LogP contribution is 2.26. The van der Waals surface area contributed by atoms with Gasteiger partial charge in [0.2, 0.25) is 0 Å². The first kappa shape index (κ1) is 10.5. The number of nitrogens with zero attached hydrogens (tertiary/aromatic N) is 4. The summed E-state index contributed by atoms with van der Waals surface area (Å²) in [6.45, 7) is 1.97. The molecular weight excluding hydrogens is 224 g/mol. The lowest BCUT2D eigenvalue weighted by molar-refractivity contribution is 0.939. The topological polar surface area (TPSA) is 54.0 Å². The summed E-state index contributed by atoms with van der Waals surface area (Å²) in [4.78, 5) is 4.31. The maximum atomic E-state index is 9.22. The molecule has 0 atom stereocenters. The van der Waals surface area contributed by atoms with Crippen molar-refractivity contribution >= 4 is 5.65 Å². The Hall–Kier alpha value is -2.67. The van der Waals surface area contributed by atoms with Crippen LogP contribution in [-0.4, -0.2) is 14.6 Å². The Bertz CT molecular complexity index is 765. The molecule has 0 saturated heterocycles. The van der Waals surface area contributed by atoms with Gasteiger partial charge in [0.05, 0.1) is 17.8 Å². The fourth-order valence-corrected chi connectivity index (χ4v) is 2.00. The maximum absolute atomic E-state index is 9.22. The molecule has 0 bridgehead atoms. The number of aryl methyl sites for hydroxylation is 1. The van der Waals surface area contributed by atoms with E-state index in [9.17, 15) is 5.26 Å². The summed E-state index contributed by atoms with van der Waals surface area (Å²) < 4.78 is 1.70. The zero-order chi connectivity index (χ0) is 12.5. The molecule has 4 heteroatoms. The molecule has 0 fully saturated rings. The first-order valence-electron chi connectivity index (χ1n) is 5.59. The molecule has 0 aliphatic carbocycles. The van der Waals surface area contributed by atoms with Gasteiger partial charge in [-0.05, 0) is 24.6 Å². The van der Waals surface area contributed by atoms with Gasteiger partial charge in [-0.3, -0.25) is 0 Å². The van der Waals surface area contributed by atoms with E-state index in [2.05, 4.69) is 16.2 Å². The van der Waals surface area contributed by atoms with Gasteiger partial charge in [0.1, 0.15) is 0 Å². The quantitative estimate of drug-likeness (QED) is 0.650. The monoisotopic (exact) mass is 234 g/mol. The Morgan fingerprint density at radius 1 is 1.28 bits per heavy atom. The first-order valence-corrected chi connectivity index (χ1v) is 5.59.